The highest BCUT2D eigenvalue weighted by molar-refractivity contribution is 7.10. The van der Waals surface area contributed by atoms with E-state index in [1.807, 2.05) is 41.0 Å². The molecule has 0 radical (unpaired) electrons. The number of aliphatic hydroxyl groups is 1. The average molecular weight is 473 g/mol. The first-order valence-electron chi connectivity index (χ1n) is 11.7. The van der Waals surface area contributed by atoms with E-state index in [0.717, 1.165) is 30.7 Å². The van der Waals surface area contributed by atoms with E-state index < -0.39 is 6.10 Å². The van der Waals surface area contributed by atoms with Crippen LogP contribution in [-0.4, -0.2) is 72.9 Å². The summed E-state index contributed by atoms with van der Waals surface area (Å²) >= 11 is 1.75. The fraction of sp³-hybridized carbons (Fsp3) is 0.500. The van der Waals surface area contributed by atoms with Gasteiger partial charge in [-0.25, -0.2) is 0 Å². The number of carbonyl (C=O) groups excluding carboxylic acids is 1. The molecule has 1 aliphatic heterocycles. The van der Waals surface area contributed by atoms with Gasteiger partial charge < -0.3 is 19.5 Å². The van der Waals surface area contributed by atoms with Gasteiger partial charge in [0.15, 0.2) is 0 Å². The van der Waals surface area contributed by atoms with Crippen molar-refractivity contribution < 1.29 is 19.4 Å². The number of para-hydroxylation sites is 1. The Hall–Kier alpha value is -2.19. The molecule has 180 valence electrons. The molecule has 0 spiro atoms. The summed E-state index contributed by atoms with van der Waals surface area (Å²) in [5.41, 5.74) is 2.27. The monoisotopic (exact) mass is 472 g/mol. The highest BCUT2D eigenvalue weighted by atomic mass is 32.1. The number of benzene rings is 1. The maximum Gasteiger partial charge on any atom is 0.237 e. The summed E-state index contributed by atoms with van der Waals surface area (Å²) in [5.74, 6) is 0.917. The van der Waals surface area contributed by atoms with Crippen molar-refractivity contribution in [2.75, 3.05) is 46.0 Å². The summed E-state index contributed by atoms with van der Waals surface area (Å²) < 4.78 is 11.6. The number of amides is 1. The molecule has 1 amide bonds. The zero-order chi connectivity index (χ0) is 23.6. The summed E-state index contributed by atoms with van der Waals surface area (Å²) in [6.07, 6.45) is 2.79. The molecule has 0 saturated carbocycles. The zero-order valence-corrected chi connectivity index (χ0v) is 20.6. The largest absolute Gasteiger partial charge is 0.491 e. The summed E-state index contributed by atoms with van der Waals surface area (Å²) in [6, 6.07) is 9.97. The number of aliphatic hydroxyl groups excluding tert-OH is 1. The molecule has 0 unspecified atom stereocenters. The van der Waals surface area contributed by atoms with Crippen molar-refractivity contribution in [2.24, 2.45) is 0 Å². The summed E-state index contributed by atoms with van der Waals surface area (Å²) in [6.45, 7) is 10.9. The Morgan fingerprint density at radius 2 is 2.21 bits per heavy atom. The van der Waals surface area contributed by atoms with Gasteiger partial charge in [-0.3, -0.25) is 9.69 Å². The van der Waals surface area contributed by atoms with Crippen molar-refractivity contribution in [2.45, 2.75) is 38.8 Å². The maximum absolute atomic E-state index is 13.5. The van der Waals surface area contributed by atoms with Crippen LogP contribution in [0.15, 0.2) is 48.4 Å². The maximum atomic E-state index is 13.5. The van der Waals surface area contributed by atoms with Crippen molar-refractivity contribution >= 4 is 17.2 Å². The molecule has 2 atom stereocenters. The van der Waals surface area contributed by atoms with Crippen molar-refractivity contribution in [1.82, 2.24) is 9.80 Å². The van der Waals surface area contributed by atoms with E-state index in [9.17, 15) is 9.90 Å². The summed E-state index contributed by atoms with van der Waals surface area (Å²) in [5, 5.41) is 12.4. The first kappa shape index (κ1) is 25.4. The lowest BCUT2D eigenvalue weighted by molar-refractivity contribution is -0.136. The lowest BCUT2D eigenvalue weighted by Crippen LogP contribution is -2.48. The SMILES string of the molecule is C=CCOC[C@H](O)CN(CCC)CC(=O)N1CCc2sccc2[C@H]1COc1ccccc1C. The van der Waals surface area contributed by atoms with E-state index in [4.69, 9.17) is 9.47 Å². The third-order valence-electron chi connectivity index (χ3n) is 5.82. The smallest absolute Gasteiger partial charge is 0.237 e. The van der Waals surface area contributed by atoms with Gasteiger partial charge in [0.25, 0.3) is 0 Å². The van der Waals surface area contributed by atoms with E-state index in [2.05, 4.69) is 24.9 Å². The number of carbonyl (C=O) groups is 1. The lowest BCUT2D eigenvalue weighted by Gasteiger charge is -2.37. The van der Waals surface area contributed by atoms with Gasteiger partial charge in [-0.1, -0.05) is 31.2 Å². The second-order valence-corrected chi connectivity index (χ2v) is 9.44. The van der Waals surface area contributed by atoms with E-state index in [1.54, 1.807) is 17.4 Å². The van der Waals surface area contributed by atoms with Gasteiger partial charge in [0.05, 0.1) is 31.9 Å². The molecule has 3 rings (SSSR count). The molecule has 2 aromatic rings. The first-order valence-corrected chi connectivity index (χ1v) is 12.5. The molecule has 0 bridgehead atoms. The van der Waals surface area contributed by atoms with Crippen LogP contribution in [0.25, 0.3) is 0 Å². The standard InChI is InChI=1S/C26H36N2O4S/c1-4-12-27(16-21(29)18-31-14-5-2)17-26(30)28-13-10-25-22(11-15-33-25)23(28)19-32-24-9-7-6-8-20(24)3/h5-9,11,15,21,23,29H,2,4,10,12-14,16-19H2,1,3H3/t21-,23-/m1/s1. The predicted molar refractivity (Wildman–Crippen MR) is 133 cm³/mol. The molecule has 0 aliphatic carbocycles. The highest BCUT2D eigenvalue weighted by Crippen LogP contribution is 2.34. The van der Waals surface area contributed by atoms with Gasteiger partial charge in [0.1, 0.15) is 12.4 Å². The van der Waals surface area contributed by atoms with Gasteiger partial charge in [0.2, 0.25) is 5.91 Å². The second-order valence-electron chi connectivity index (χ2n) is 8.44. The van der Waals surface area contributed by atoms with Crippen molar-refractivity contribution in [3.63, 3.8) is 0 Å². The van der Waals surface area contributed by atoms with E-state index in [-0.39, 0.29) is 25.1 Å². The molecule has 0 fully saturated rings. The van der Waals surface area contributed by atoms with Crippen LogP contribution in [0, 0.1) is 6.92 Å². The van der Waals surface area contributed by atoms with Crippen LogP contribution in [0.2, 0.25) is 0 Å². The van der Waals surface area contributed by atoms with Crippen LogP contribution in [0.1, 0.15) is 35.4 Å². The number of thiophene rings is 1. The van der Waals surface area contributed by atoms with Gasteiger partial charge in [-0.15, -0.1) is 17.9 Å². The number of ether oxygens (including phenoxy) is 2. The molecule has 1 aromatic heterocycles. The van der Waals surface area contributed by atoms with Crippen molar-refractivity contribution in [3.8, 4) is 5.75 Å². The molecular formula is C26H36N2O4S. The van der Waals surface area contributed by atoms with Crippen LogP contribution >= 0.6 is 11.3 Å². The minimum absolute atomic E-state index is 0.0675. The normalized spacial score (nSPS) is 16.5. The van der Waals surface area contributed by atoms with Crippen LogP contribution in [0.3, 0.4) is 0 Å². The molecule has 7 heteroatoms. The van der Waals surface area contributed by atoms with Crippen molar-refractivity contribution in [3.05, 3.63) is 64.4 Å². The van der Waals surface area contributed by atoms with Crippen LogP contribution in [0.5, 0.6) is 5.75 Å². The molecule has 0 saturated heterocycles. The fourth-order valence-corrected chi connectivity index (χ4v) is 5.16. The average Bonchev–Trinajstić information content (AvgIpc) is 3.28. The minimum atomic E-state index is -0.644. The third-order valence-corrected chi connectivity index (χ3v) is 6.82. The Kier molecular flexibility index (Phi) is 9.94. The molecule has 1 aromatic carbocycles. The zero-order valence-electron chi connectivity index (χ0n) is 19.7. The van der Waals surface area contributed by atoms with E-state index in [1.165, 1.54) is 10.4 Å². The second kappa shape index (κ2) is 12.9. The summed E-state index contributed by atoms with van der Waals surface area (Å²) in [4.78, 5) is 18.8. The number of rotatable bonds is 13. The topological polar surface area (TPSA) is 62.2 Å². The Balaban J connectivity index is 1.68. The highest BCUT2D eigenvalue weighted by Gasteiger charge is 2.33. The van der Waals surface area contributed by atoms with Crippen molar-refractivity contribution in [1.29, 1.82) is 0 Å². The lowest BCUT2D eigenvalue weighted by atomic mass is 10.00. The Morgan fingerprint density at radius 1 is 1.39 bits per heavy atom. The molecular weight excluding hydrogens is 436 g/mol. The number of hydrogen-bond acceptors (Lipinski definition) is 6. The predicted octanol–water partition coefficient (Wildman–Crippen LogP) is 3.84. The van der Waals surface area contributed by atoms with E-state index in [0.29, 0.717) is 26.3 Å². The van der Waals surface area contributed by atoms with Gasteiger partial charge in [0, 0.05) is 18.0 Å². The number of hydrogen-bond donors (Lipinski definition) is 1. The third kappa shape index (κ3) is 7.14. The van der Waals surface area contributed by atoms with Gasteiger partial charge in [-0.05, 0) is 54.9 Å². The number of aryl methyl sites for hydroxylation is 1. The first-order chi connectivity index (χ1) is 16.0. The Labute approximate surface area is 201 Å². The van der Waals surface area contributed by atoms with E-state index >= 15 is 0 Å². The van der Waals surface area contributed by atoms with Crippen LogP contribution in [0.4, 0.5) is 0 Å². The molecule has 6 nitrogen and oxygen atoms in total. The quantitative estimate of drug-likeness (QED) is 0.355. The van der Waals surface area contributed by atoms with Crippen LogP contribution < -0.4 is 4.74 Å². The summed E-state index contributed by atoms with van der Waals surface area (Å²) in [7, 11) is 0. The number of nitrogens with zero attached hydrogens (tertiary/aromatic N) is 2. The molecule has 2 heterocycles. The van der Waals surface area contributed by atoms with Crippen LogP contribution in [-0.2, 0) is 16.0 Å². The molecule has 33 heavy (non-hydrogen) atoms. The molecule has 1 aliphatic rings. The van der Waals surface area contributed by atoms with Gasteiger partial charge >= 0.3 is 0 Å². The Bertz CT molecular complexity index is 900. The fourth-order valence-electron chi connectivity index (χ4n) is 4.23. The van der Waals surface area contributed by atoms with Gasteiger partial charge in [-0.2, -0.15) is 0 Å². The Morgan fingerprint density at radius 3 is 2.97 bits per heavy atom. The number of fused-ring (bicyclic) bond motifs is 1. The molecule has 1 N–H and O–H groups in total. The minimum Gasteiger partial charge on any atom is -0.491 e.